The van der Waals surface area contributed by atoms with Crippen LogP contribution in [0.25, 0.3) is 0 Å². The number of alkyl halides is 3. The van der Waals surface area contributed by atoms with Gasteiger partial charge in [-0.25, -0.2) is 8.42 Å². The third-order valence-corrected chi connectivity index (χ3v) is 6.17. The van der Waals surface area contributed by atoms with E-state index in [4.69, 9.17) is 27.9 Å². The van der Waals surface area contributed by atoms with Crippen LogP contribution in [0.5, 0.6) is 11.5 Å². The molecular formula is C21H26Cl2F3NO4S. The van der Waals surface area contributed by atoms with E-state index in [9.17, 15) is 26.7 Å². The van der Waals surface area contributed by atoms with Crippen LogP contribution < -0.4 is 9.46 Å². The van der Waals surface area contributed by atoms with Crippen molar-refractivity contribution in [1.82, 2.24) is 0 Å². The number of phenols is 1. The summed E-state index contributed by atoms with van der Waals surface area (Å²) in [5.41, 5.74) is -1.56. The largest absolute Gasteiger partial charge is 0.507 e. The number of hydrogen-bond donors (Lipinski definition) is 2. The van der Waals surface area contributed by atoms with E-state index in [0.717, 1.165) is 18.2 Å². The highest BCUT2D eigenvalue weighted by atomic mass is 35.5. The molecule has 2 aromatic carbocycles. The lowest BCUT2D eigenvalue weighted by Crippen LogP contribution is -2.13. The van der Waals surface area contributed by atoms with Crippen molar-refractivity contribution in [3.8, 4) is 11.5 Å². The second-order valence-electron chi connectivity index (χ2n) is 6.82. The summed E-state index contributed by atoms with van der Waals surface area (Å²) >= 11 is 11.7. The Morgan fingerprint density at radius 1 is 1.00 bits per heavy atom. The first-order valence-electron chi connectivity index (χ1n) is 9.83. The smallest absolute Gasteiger partial charge is 0.419 e. The van der Waals surface area contributed by atoms with Crippen molar-refractivity contribution < 1.29 is 31.4 Å². The van der Waals surface area contributed by atoms with E-state index in [2.05, 4.69) is 13.8 Å². The second kappa shape index (κ2) is 12.4. The second-order valence-corrected chi connectivity index (χ2v) is 9.31. The first-order chi connectivity index (χ1) is 14.9. The van der Waals surface area contributed by atoms with E-state index in [1.165, 1.54) is 39.2 Å². The van der Waals surface area contributed by atoms with Gasteiger partial charge in [0.15, 0.2) is 5.75 Å². The molecule has 2 N–H and O–H groups in total. The van der Waals surface area contributed by atoms with Crippen LogP contribution in [-0.4, -0.2) is 20.6 Å². The van der Waals surface area contributed by atoms with Gasteiger partial charge in [0, 0.05) is 6.07 Å². The Balaban J connectivity index is 0.000000633. The molecule has 0 heterocycles. The molecular weight excluding hydrogens is 490 g/mol. The summed E-state index contributed by atoms with van der Waals surface area (Å²) in [5, 5.41) is 9.31. The van der Waals surface area contributed by atoms with Crippen LogP contribution in [0.4, 0.5) is 18.9 Å². The number of phenolic OH excluding ortho intramolecular Hbond substituents is 1. The van der Waals surface area contributed by atoms with Gasteiger partial charge in [0.25, 0.3) is 10.0 Å². The van der Waals surface area contributed by atoms with Crippen LogP contribution in [0.1, 0.15) is 51.5 Å². The van der Waals surface area contributed by atoms with Crippen LogP contribution in [-0.2, 0) is 16.2 Å². The van der Waals surface area contributed by atoms with Gasteiger partial charge in [-0.05, 0) is 24.3 Å². The fraction of sp³-hybridized carbons (Fsp3) is 0.429. The Bertz CT molecular complexity index is 972. The summed E-state index contributed by atoms with van der Waals surface area (Å²) in [7, 11) is -2.92. The summed E-state index contributed by atoms with van der Waals surface area (Å²) in [6.45, 7) is 4.49. The Morgan fingerprint density at radius 3 is 1.94 bits per heavy atom. The first kappa shape index (κ1) is 28.2. The van der Waals surface area contributed by atoms with Gasteiger partial charge in [-0.3, -0.25) is 4.72 Å². The normalized spacial score (nSPS) is 11.5. The van der Waals surface area contributed by atoms with E-state index in [1.54, 1.807) is 0 Å². The molecule has 2 rings (SSSR count). The molecule has 0 aliphatic rings. The molecule has 0 saturated carbocycles. The summed E-state index contributed by atoms with van der Waals surface area (Å²) in [4.78, 5) is -0.331. The maximum atomic E-state index is 12.6. The van der Waals surface area contributed by atoms with Crippen molar-refractivity contribution in [2.24, 2.45) is 0 Å². The molecule has 0 aliphatic carbocycles. The average molecular weight is 516 g/mol. The number of methoxy groups -OCH3 is 1. The maximum Gasteiger partial charge on any atom is 0.419 e. The zero-order valence-corrected chi connectivity index (χ0v) is 20.2. The zero-order valence-electron chi connectivity index (χ0n) is 17.9. The number of benzene rings is 2. The van der Waals surface area contributed by atoms with E-state index < -0.39 is 27.5 Å². The molecule has 5 nitrogen and oxygen atoms in total. The highest BCUT2D eigenvalue weighted by Gasteiger charge is 2.34. The molecule has 32 heavy (non-hydrogen) atoms. The lowest BCUT2D eigenvalue weighted by molar-refractivity contribution is -0.138. The molecule has 0 aromatic heterocycles. The number of nitrogens with one attached hydrogen (secondary N) is 1. The third-order valence-electron chi connectivity index (χ3n) is 4.25. The average Bonchev–Trinajstić information content (AvgIpc) is 2.67. The van der Waals surface area contributed by atoms with Crippen molar-refractivity contribution in [1.29, 1.82) is 0 Å². The van der Waals surface area contributed by atoms with Gasteiger partial charge in [0.1, 0.15) is 5.75 Å². The Kier molecular flexibility index (Phi) is 10.9. The third kappa shape index (κ3) is 8.26. The highest BCUT2D eigenvalue weighted by molar-refractivity contribution is 7.92. The van der Waals surface area contributed by atoms with Gasteiger partial charge >= 0.3 is 6.18 Å². The predicted octanol–water partition coefficient (Wildman–Crippen LogP) is 7.50. The van der Waals surface area contributed by atoms with Gasteiger partial charge in [0.05, 0.1) is 33.3 Å². The molecule has 0 fully saturated rings. The van der Waals surface area contributed by atoms with Crippen molar-refractivity contribution in [2.75, 3.05) is 11.8 Å². The number of unbranched alkanes of at least 4 members (excludes halogenated alkanes) is 4. The fourth-order valence-electron chi connectivity index (χ4n) is 2.61. The van der Waals surface area contributed by atoms with Crippen LogP contribution in [0.15, 0.2) is 35.2 Å². The molecule has 0 atom stereocenters. The number of hydrogen-bond acceptors (Lipinski definition) is 4. The summed E-state index contributed by atoms with van der Waals surface area (Å²) in [6.07, 6.45) is 2.24. The Hall–Kier alpha value is -1.84. The molecule has 0 unspecified atom stereocenters. The van der Waals surface area contributed by atoms with Crippen molar-refractivity contribution in [3.05, 3.63) is 45.9 Å². The highest BCUT2D eigenvalue weighted by Crippen LogP contribution is 2.38. The van der Waals surface area contributed by atoms with Gasteiger partial charge in [0.2, 0.25) is 0 Å². The van der Waals surface area contributed by atoms with Crippen LogP contribution >= 0.6 is 23.2 Å². The number of sulfonamides is 1. The van der Waals surface area contributed by atoms with Crippen molar-refractivity contribution >= 4 is 38.9 Å². The number of aromatic hydroxyl groups is 1. The van der Waals surface area contributed by atoms with Gasteiger partial charge < -0.3 is 9.84 Å². The molecule has 0 saturated heterocycles. The topological polar surface area (TPSA) is 75.6 Å². The minimum Gasteiger partial charge on any atom is -0.507 e. The summed E-state index contributed by atoms with van der Waals surface area (Å²) in [6, 6.07) is 4.21. The Labute approximate surface area is 196 Å². The van der Waals surface area contributed by atoms with Crippen molar-refractivity contribution in [3.63, 3.8) is 0 Å². The Morgan fingerprint density at radius 2 is 1.53 bits per heavy atom. The molecule has 180 valence electrons. The van der Waals surface area contributed by atoms with Crippen LogP contribution in [0.2, 0.25) is 10.0 Å². The quantitative estimate of drug-likeness (QED) is 0.356. The van der Waals surface area contributed by atoms with Crippen LogP contribution in [0.3, 0.4) is 0 Å². The van der Waals surface area contributed by atoms with E-state index in [0.29, 0.717) is 12.1 Å². The SMILES string of the molecule is CCCCCCC.COc1c(Cl)cc(S(=O)(=O)Nc2ccc(C(F)(F)F)c(O)c2)cc1Cl. The van der Waals surface area contributed by atoms with Gasteiger partial charge in [-0.2, -0.15) is 13.2 Å². The molecule has 0 bridgehead atoms. The molecule has 0 amide bonds. The summed E-state index contributed by atoms with van der Waals surface area (Å²) < 4.78 is 69.4. The first-order valence-corrected chi connectivity index (χ1v) is 12.1. The molecule has 11 heteroatoms. The van der Waals surface area contributed by atoms with Crippen LogP contribution in [0, 0.1) is 0 Å². The lowest BCUT2D eigenvalue weighted by Gasteiger charge is -2.13. The summed E-state index contributed by atoms with van der Waals surface area (Å²) in [5.74, 6) is -1.03. The monoisotopic (exact) mass is 515 g/mol. The van der Waals surface area contributed by atoms with Gasteiger partial charge in [-0.1, -0.05) is 69.2 Å². The minimum absolute atomic E-state index is 0.0642. The zero-order chi connectivity index (χ0) is 24.5. The standard InChI is InChI=1S/C14H10Cl2F3NO4S.C7H16/c1-24-13-10(15)5-8(6-11(13)16)25(22,23)20-7-2-3-9(12(21)4-7)14(17,18)19;1-3-5-7-6-4-2/h2-6,20-21H,1H3;3-7H2,1-2H3. The lowest BCUT2D eigenvalue weighted by atomic mass is 10.2. The van der Waals surface area contributed by atoms with Gasteiger partial charge in [-0.15, -0.1) is 0 Å². The van der Waals surface area contributed by atoms with E-state index in [-0.39, 0.29) is 26.4 Å². The molecule has 2 aromatic rings. The molecule has 0 aliphatic heterocycles. The molecule has 0 radical (unpaired) electrons. The number of anilines is 1. The number of halogens is 5. The van der Waals surface area contributed by atoms with E-state index in [1.807, 2.05) is 4.72 Å². The number of rotatable bonds is 8. The maximum absolute atomic E-state index is 12.6. The predicted molar refractivity (Wildman–Crippen MR) is 121 cm³/mol. The fourth-order valence-corrected chi connectivity index (χ4v) is 4.48. The number of ether oxygens (including phenoxy) is 1. The molecule has 0 spiro atoms. The van der Waals surface area contributed by atoms with E-state index >= 15 is 0 Å². The van der Waals surface area contributed by atoms with Crippen molar-refractivity contribution in [2.45, 2.75) is 57.0 Å². The minimum atomic E-state index is -4.77.